The molecule has 2 N–H and O–H groups in total. The van der Waals surface area contributed by atoms with Crippen LogP contribution in [0.2, 0.25) is 13.1 Å². The molecule has 2 fully saturated rings. The topological polar surface area (TPSA) is 232 Å². The molecule has 4 heterocycles. The highest BCUT2D eigenvalue weighted by Crippen LogP contribution is 2.50. The number of fused-ring (bicyclic) bond motifs is 6. The number of esters is 5. The second kappa shape index (κ2) is 31.9. The summed E-state index contributed by atoms with van der Waals surface area (Å²) >= 11 is 5.76. The lowest BCUT2D eigenvalue weighted by atomic mass is 9.78. The van der Waals surface area contributed by atoms with Crippen LogP contribution >= 0.6 is 11.6 Å². The van der Waals surface area contributed by atoms with Crippen LogP contribution in [-0.2, 0) is 74.1 Å². The van der Waals surface area contributed by atoms with Crippen molar-refractivity contribution in [1.82, 2.24) is 5.32 Å². The summed E-state index contributed by atoms with van der Waals surface area (Å²) in [5.41, 5.74) is 6.14. The van der Waals surface area contributed by atoms with Crippen LogP contribution in [0.25, 0.3) is 0 Å². The molecule has 24 heteroatoms. The Labute approximate surface area is 537 Å². The average Bonchev–Trinajstić information content (AvgIpc) is 1.67. The average molecular weight is 1290 g/mol. The lowest BCUT2D eigenvalue weighted by Crippen LogP contribution is -2.63. The van der Waals surface area contributed by atoms with E-state index in [1.165, 1.54) is 43.4 Å². The van der Waals surface area contributed by atoms with E-state index in [2.05, 4.69) is 76.0 Å². The fourth-order valence-corrected chi connectivity index (χ4v) is 15.1. The molecule has 0 bridgehead atoms. The van der Waals surface area contributed by atoms with Crippen molar-refractivity contribution in [3.63, 3.8) is 0 Å². The summed E-state index contributed by atoms with van der Waals surface area (Å²) in [7, 11) is 2.44. The Bertz CT molecular complexity index is 3350. The molecule has 4 aliphatic rings. The molecule has 488 valence electrons. The monoisotopic (exact) mass is 1290 g/mol. The van der Waals surface area contributed by atoms with Crippen LogP contribution < -0.4 is 50.1 Å². The summed E-state index contributed by atoms with van der Waals surface area (Å²) in [6.07, 6.45) is 5.44. The van der Waals surface area contributed by atoms with Crippen molar-refractivity contribution < 1.29 is 76.1 Å². The molecule has 9 rings (SSSR count). The van der Waals surface area contributed by atoms with Crippen molar-refractivity contribution in [1.29, 1.82) is 0 Å². The fraction of sp³-hybridized carbons (Fsp3) is 0.463. The molecule has 5 aromatic rings. The lowest BCUT2D eigenvalue weighted by molar-refractivity contribution is -0.141. The zero-order chi connectivity index (χ0) is 64.5. The van der Waals surface area contributed by atoms with Crippen molar-refractivity contribution in [2.75, 3.05) is 165 Å². The fourth-order valence-electron chi connectivity index (χ4n) is 11.7. The molecule has 1 amide bonds. The second-order valence-corrected chi connectivity index (χ2v) is 27.9. The van der Waals surface area contributed by atoms with Gasteiger partial charge in [0.25, 0.3) is 0 Å². The minimum atomic E-state index is -2.54. The molecule has 5 aromatic carbocycles. The van der Waals surface area contributed by atoms with E-state index in [4.69, 9.17) is 59.0 Å². The first kappa shape index (κ1) is 67.5. The largest absolute Gasteiger partial charge is 0.488 e. The van der Waals surface area contributed by atoms with Gasteiger partial charge in [-0.15, -0.1) is 11.6 Å². The summed E-state index contributed by atoms with van der Waals surface area (Å²) in [5, 5.41) is 8.69. The molecule has 2 saturated heterocycles. The van der Waals surface area contributed by atoms with Gasteiger partial charge in [-0.25, -0.2) is 4.79 Å². The van der Waals surface area contributed by atoms with E-state index in [0.29, 0.717) is 87.0 Å². The minimum absolute atomic E-state index is 0.0434. The zero-order valence-electron chi connectivity index (χ0n) is 52.8. The first-order valence-corrected chi connectivity index (χ1v) is 34.4. The number of carbonyl (C=O) groups excluding carboxylic acids is 6. The molecule has 1 unspecified atom stereocenters. The number of amides is 1. The van der Waals surface area contributed by atoms with Gasteiger partial charge in [0.2, 0.25) is 5.91 Å². The number of nitrogens with zero attached hydrogens (tertiary/aromatic N) is 4. The molecule has 1 atom stereocenters. The molecule has 0 aliphatic carbocycles. The number of hydrogen-bond acceptors (Lipinski definition) is 21. The van der Waals surface area contributed by atoms with Crippen LogP contribution in [-0.4, -0.2) is 183 Å². The Morgan fingerprint density at radius 1 is 0.615 bits per heavy atom. The van der Waals surface area contributed by atoms with Crippen molar-refractivity contribution in [2.24, 2.45) is 5.92 Å². The van der Waals surface area contributed by atoms with E-state index in [1.54, 1.807) is 42.5 Å². The molecule has 0 aromatic heterocycles. The third-order valence-electron chi connectivity index (χ3n) is 16.9. The van der Waals surface area contributed by atoms with Crippen molar-refractivity contribution in [3.8, 4) is 11.5 Å². The van der Waals surface area contributed by atoms with E-state index >= 15 is 0 Å². The lowest BCUT2D eigenvalue weighted by Gasteiger charge is -2.46. The third-order valence-corrected chi connectivity index (χ3v) is 20.7. The van der Waals surface area contributed by atoms with Crippen molar-refractivity contribution >= 4 is 94.2 Å². The van der Waals surface area contributed by atoms with Crippen LogP contribution in [0.15, 0.2) is 97.1 Å². The third kappa shape index (κ3) is 16.2. The highest BCUT2D eigenvalue weighted by molar-refractivity contribution is 7.01. The molecule has 22 nitrogen and oxygen atoms in total. The van der Waals surface area contributed by atoms with E-state index in [9.17, 15) is 28.8 Å². The Morgan fingerprint density at radius 3 is 1.80 bits per heavy atom. The maximum atomic E-state index is 14.2. The Hall–Kier alpha value is -7.93. The summed E-state index contributed by atoms with van der Waals surface area (Å²) in [4.78, 5) is 86.1. The number of hydrogen-bond donors (Lipinski definition) is 2. The number of carbonyl (C=O) groups is 6. The Kier molecular flexibility index (Phi) is 23.6. The van der Waals surface area contributed by atoms with Gasteiger partial charge in [0.05, 0.1) is 84.5 Å². The first-order valence-electron chi connectivity index (χ1n) is 30.9. The number of methoxy groups -OCH3 is 4. The van der Waals surface area contributed by atoms with Gasteiger partial charge in [-0.05, 0) is 95.9 Å². The highest BCUT2D eigenvalue weighted by atomic mass is 35.5. The number of benzene rings is 5. The Balaban J connectivity index is 0.891. The smallest absolute Gasteiger partial charge is 0.340 e. The number of nitrogens with one attached hydrogen (secondary N) is 2. The maximum Gasteiger partial charge on any atom is 0.340 e. The van der Waals surface area contributed by atoms with Gasteiger partial charge in [-0.3, -0.25) is 29.3 Å². The molecular formula is C67H83ClN6O16Si. The summed E-state index contributed by atoms with van der Waals surface area (Å²) in [6.45, 7) is 9.79. The molecule has 0 radical (unpaired) electrons. The Morgan fingerprint density at radius 2 is 1.20 bits per heavy atom. The number of unbranched alkanes of at least 4 members (excludes halogenated alkanes) is 3. The molecule has 91 heavy (non-hydrogen) atoms. The normalized spacial score (nSPS) is 15.9. The standard InChI is InChI=1S/C67H83ClN6O16Si/c1-81-61(75)40-73(41-62(76)82-2)55-14-9-10-15-57(55)88-32-33-89-58-35-48(17-23-56(58)74(42-63(77)83-3)43-64(78)84-4)70-65(79)47-38-72(39-47)50-19-22-53-60(37-50)91(5,6)59-36-49(71-26-13-27-71)18-21-52(59)67(53)54-34-46(16-20-51(54)66(80)90-67)44-87-45-69-25-29-86-31-30-85-28-12-8-7-11-24-68/h9-10,14-23,34-37,47,69H,7-8,11-13,24-33,38-45H2,1-6H3,(H,70,79). The summed E-state index contributed by atoms with van der Waals surface area (Å²) in [6, 6.07) is 30.6. The van der Waals surface area contributed by atoms with E-state index in [1.807, 2.05) is 12.1 Å². The molecule has 1 spiro atoms. The van der Waals surface area contributed by atoms with Crippen LogP contribution in [0.1, 0.15) is 64.7 Å². The number of rotatable bonds is 35. The number of halogens is 1. The van der Waals surface area contributed by atoms with Crippen molar-refractivity contribution in [3.05, 3.63) is 125 Å². The zero-order valence-corrected chi connectivity index (χ0v) is 54.5. The number of anilines is 5. The second-order valence-electron chi connectivity index (χ2n) is 23.2. The number of para-hydroxylation sites is 2. The van der Waals surface area contributed by atoms with Crippen molar-refractivity contribution in [2.45, 2.75) is 57.4 Å². The van der Waals surface area contributed by atoms with E-state index in [0.717, 1.165) is 90.6 Å². The molecule has 0 saturated carbocycles. The van der Waals surface area contributed by atoms with E-state index < -0.39 is 43.5 Å². The predicted molar refractivity (Wildman–Crippen MR) is 347 cm³/mol. The van der Waals surface area contributed by atoms with Gasteiger partial charge >= 0.3 is 29.8 Å². The molecule has 4 aliphatic heterocycles. The maximum absolute atomic E-state index is 14.2. The number of ether oxygens (including phenoxy) is 10. The van der Waals surface area contributed by atoms with Gasteiger partial charge < -0.3 is 72.3 Å². The van der Waals surface area contributed by atoms with Crippen LogP contribution in [0.4, 0.5) is 28.4 Å². The van der Waals surface area contributed by atoms with Crippen LogP contribution in [0.5, 0.6) is 11.5 Å². The minimum Gasteiger partial charge on any atom is -0.488 e. The molecular weight excluding hydrogens is 1210 g/mol. The SMILES string of the molecule is COC(=O)CN(CC(=O)OC)c1ccccc1OCCOc1cc(NC(=O)C2CN(c3ccc4c(c3)[Si](C)(C)c3cc(N5CCC5)ccc3C43OC(=O)c4ccc(COCNCCOCCOCCCCCCCl)cc43)C2)ccc1N(CC(=O)OC)CC(=O)OC. The highest BCUT2D eigenvalue weighted by Gasteiger charge is 2.56. The number of alkyl halides is 1. The van der Waals surface area contributed by atoms with Gasteiger partial charge in [-0.2, -0.15) is 0 Å². The van der Waals surface area contributed by atoms with Gasteiger partial charge in [0.1, 0.15) is 59.0 Å². The van der Waals surface area contributed by atoms with Gasteiger partial charge in [-0.1, -0.05) is 56.3 Å². The van der Waals surface area contributed by atoms with E-state index in [-0.39, 0.29) is 57.0 Å². The summed E-state index contributed by atoms with van der Waals surface area (Å²) in [5.74, 6) is -2.19. The summed E-state index contributed by atoms with van der Waals surface area (Å²) < 4.78 is 56.5. The quantitative estimate of drug-likeness (QED) is 0.0114. The van der Waals surface area contributed by atoms with Crippen LogP contribution in [0, 0.1) is 5.92 Å². The predicted octanol–water partition coefficient (Wildman–Crippen LogP) is 6.23. The van der Waals surface area contributed by atoms with Crippen LogP contribution in [0.3, 0.4) is 0 Å². The van der Waals surface area contributed by atoms with Gasteiger partial charge in [0.15, 0.2) is 5.60 Å². The first-order chi connectivity index (χ1) is 44.1. The van der Waals surface area contributed by atoms with Gasteiger partial charge in [0, 0.05) is 85.0 Å².